The molecule has 2 saturated heterocycles. The molecule has 0 unspecified atom stereocenters. The smallest absolute Gasteiger partial charge is 0.219 e. The van der Waals surface area contributed by atoms with Crippen molar-refractivity contribution in [3.05, 3.63) is 59.4 Å². The molecule has 2 N–H and O–H groups in total. The highest BCUT2D eigenvalue weighted by Crippen LogP contribution is 2.35. The first-order valence-corrected chi connectivity index (χ1v) is 10.6. The lowest BCUT2D eigenvalue weighted by Gasteiger charge is -2.25. The molecule has 5 rings (SSSR count). The van der Waals surface area contributed by atoms with E-state index >= 15 is 0 Å². The minimum atomic E-state index is 0.342. The number of fused-ring (bicyclic) bond motifs is 1. The second-order valence-electron chi connectivity index (χ2n) is 7.60. The van der Waals surface area contributed by atoms with Gasteiger partial charge < -0.3 is 5.73 Å². The third-order valence-corrected chi connectivity index (χ3v) is 6.88. The van der Waals surface area contributed by atoms with E-state index in [1.165, 1.54) is 23.3 Å². The predicted molar refractivity (Wildman–Crippen MR) is 112 cm³/mol. The van der Waals surface area contributed by atoms with E-state index < -0.39 is 0 Å². The monoisotopic (exact) mass is 392 g/mol. The van der Waals surface area contributed by atoms with Gasteiger partial charge in [-0.1, -0.05) is 30.3 Å². The second-order valence-corrected chi connectivity index (χ2v) is 8.72. The highest BCUT2D eigenvalue weighted by Gasteiger charge is 2.42. The largest absolute Gasteiger partial charge is 0.368 e. The molecule has 2 atom stereocenters. The quantitative estimate of drug-likeness (QED) is 0.720. The van der Waals surface area contributed by atoms with Gasteiger partial charge in [-0.2, -0.15) is 0 Å². The van der Waals surface area contributed by atoms with Crippen molar-refractivity contribution in [1.82, 2.24) is 24.8 Å². The number of anilines is 1. The highest BCUT2D eigenvalue weighted by molar-refractivity contribution is 7.15. The number of nitrogens with zero attached hydrogens (tertiary/aromatic N) is 5. The van der Waals surface area contributed by atoms with Crippen LogP contribution in [0, 0.1) is 0 Å². The van der Waals surface area contributed by atoms with Gasteiger partial charge in [0.15, 0.2) is 0 Å². The first-order chi connectivity index (χ1) is 13.8. The van der Waals surface area contributed by atoms with Gasteiger partial charge in [0.2, 0.25) is 5.95 Å². The summed E-state index contributed by atoms with van der Waals surface area (Å²) in [7, 11) is 0. The number of nitrogens with two attached hydrogens (primary N) is 1. The van der Waals surface area contributed by atoms with Gasteiger partial charge in [-0.15, -0.1) is 11.3 Å². The summed E-state index contributed by atoms with van der Waals surface area (Å²) in [6, 6.07) is 11.7. The number of nitrogen functional groups attached to an aromatic ring is 1. The lowest BCUT2D eigenvalue weighted by atomic mass is 10.1. The third kappa shape index (κ3) is 3.53. The summed E-state index contributed by atoms with van der Waals surface area (Å²) in [5.41, 5.74) is 7.95. The fourth-order valence-corrected chi connectivity index (χ4v) is 5.48. The summed E-state index contributed by atoms with van der Waals surface area (Å²) in [4.78, 5) is 19.5. The number of benzene rings is 1. The lowest BCUT2D eigenvalue weighted by Crippen LogP contribution is -2.35. The van der Waals surface area contributed by atoms with Crippen molar-refractivity contribution >= 4 is 17.3 Å². The Morgan fingerprint density at radius 3 is 2.29 bits per heavy atom. The molecule has 2 aromatic heterocycles. The van der Waals surface area contributed by atoms with Crippen molar-refractivity contribution in [3.63, 3.8) is 0 Å². The van der Waals surface area contributed by atoms with E-state index in [2.05, 4.69) is 55.2 Å². The molecule has 1 aromatic carbocycles. The first kappa shape index (κ1) is 17.7. The third-order valence-electron chi connectivity index (χ3n) is 5.85. The summed E-state index contributed by atoms with van der Waals surface area (Å²) in [6.07, 6.45) is 8.21. The van der Waals surface area contributed by atoms with E-state index in [-0.39, 0.29) is 0 Å². The van der Waals surface area contributed by atoms with Crippen LogP contribution in [-0.4, -0.2) is 49.9 Å². The molecular formula is C21H24N6S. The standard InChI is InChI=1S/C21H24N6S/c22-21-24-10-15(11-25-21)13-26-8-6-19-18(26)7-9-27(19)14-17-12-23-20(28-17)16-4-2-1-3-5-16/h1-5,10-12,18-19H,6-9,13-14H2,(H2,22,24,25)/t18-,19-/m0/s1. The van der Waals surface area contributed by atoms with Crippen LogP contribution in [0.15, 0.2) is 48.9 Å². The van der Waals surface area contributed by atoms with Crippen molar-refractivity contribution in [2.45, 2.75) is 38.0 Å². The molecule has 6 nitrogen and oxygen atoms in total. The Morgan fingerprint density at radius 2 is 1.57 bits per heavy atom. The molecule has 0 aliphatic carbocycles. The van der Waals surface area contributed by atoms with Gasteiger partial charge in [0.05, 0.1) is 0 Å². The zero-order chi connectivity index (χ0) is 18.9. The minimum Gasteiger partial charge on any atom is -0.368 e. The molecule has 3 aromatic rings. The summed E-state index contributed by atoms with van der Waals surface area (Å²) >= 11 is 1.82. The Bertz CT molecular complexity index is 926. The van der Waals surface area contributed by atoms with Crippen LogP contribution in [0.4, 0.5) is 5.95 Å². The maximum atomic E-state index is 5.60. The van der Waals surface area contributed by atoms with Crippen LogP contribution < -0.4 is 5.73 Å². The zero-order valence-electron chi connectivity index (χ0n) is 15.7. The van der Waals surface area contributed by atoms with Crippen molar-refractivity contribution in [1.29, 1.82) is 0 Å². The molecule has 0 saturated carbocycles. The average Bonchev–Trinajstić information content (AvgIpc) is 3.44. The van der Waals surface area contributed by atoms with Crippen LogP contribution >= 0.6 is 11.3 Å². The topological polar surface area (TPSA) is 71.2 Å². The van der Waals surface area contributed by atoms with Crippen LogP contribution in [0.2, 0.25) is 0 Å². The molecule has 7 heteroatoms. The fraction of sp³-hybridized carbons (Fsp3) is 0.381. The molecule has 2 fully saturated rings. The summed E-state index contributed by atoms with van der Waals surface area (Å²) < 4.78 is 0. The Hall–Kier alpha value is -2.35. The van der Waals surface area contributed by atoms with Gasteiger partial charge in [0.25, 0.3) is 0 Å². The number of likely N-dealkylation sites (tertiary alicyclic amines) is 2. The molecule has 0 radical (unpaired) electrons. The molecule has 0 amide bonds. The zero-order valence-corrected chi connectivity index (χ0v) is 16.6. The van der Waals surface area contributed by atoms with Crippen LogP contribution in [0.1, 0.15) is 23.3 Å². The number of hydrogen-bond donors (Lipinski definition) is 1. The Balaban J connectivity index is 1.23. The van der Waals surface area contributed by atoms with Gasteiger partial charge in [-0.3, -0.25) is 9.80 Å². The van der Waals surface area contributed by atoms with Gasteiger partial charge in [0, 0.05) is 72.9 Å². The van der Waals surface area contributed by atoms with E-state index in [0.29, 0.717) is 18.0 Å². The Kier molecular flexibility index (Phi) is 4.80. The van der Waals surface area contributed by atoms with E-state index in [4.69, 9.17) is 5.73 Å². The van der Waals surface area contributed by atoms with E-state index in [0.717, 1.165) is 36.8 Å². The van der Waals surface area contributed by atoms with Gasteiger partial charge >= 0.3 is 0 Å². The molecule has 2 aliphatic rings. The number of thiazole rings is 1. The van der Waals surface area contributed by atoms with Crippen molar-refractivity contribution in [2.75, 3.05) is 18.8 Å². The van der Waals surface area contributed by atoms with Gasteiger partial charge in [0.1, 0.15) is 5.01 Å². The molecule has 28 heavy (non-hydrogen) atoms. The number of aromatic nitrogens is 3. The molecule has 4 heterocycles. The number of hydrogen-bond acceptors (Lipinski definition) is 7. The minimum absolute atomic E-state index is 0.342. The van der Waals surface area contributed by atoms with Crippen molar-refractivity contribution in [2.24, 2.45) is 0 Å². The van der Waals surface area contributed by atoms with Crippen LogP contribution in [0.25, 0.3) is 10.6 Å². The van der Waals surface area contributed by atoms with Crippen LogP contribution in [0.5, 0.6) is 0 Å². The SMILES string of the molecule is Nc1ncc(CN2CC[C@H]3[C@@H]2CCN3Cc2cnc(-c3ccccc3)s2)cn1. The highest BCUT2D eigenvalue weighted by atomic mass is 32.1. The molecule has 144 valence electrons. The first-order valence-electron chi connectivity index (χ1n) is 9.81. The van der Waals surface area contributed by atoms with E-state index in [1.54, 1.807) is 0 Å². The van der Waals surface area contributed by atoms with Gasteiger partial charge in [-0.25, -0.2) is 15.0 Å². The number of rotatable bonds is 5. The van der Waals surface area contributed by atoms with Gasteiger partial charge in [-0.05, 0) is 12.8 Å². The fourth-order valence-electron chi connectivity index (χ4n) is 4.53. The summed E-state index contributed by atoms with van der Waals surface area (Å²) in [6.45, 7) is 4.20. The van der Waals surface area contributed by atoms with E-state index in [1.807, 2.05) is 29.8 Å². The predicted octanol–water partition coefficient (Wildman–Crippen LogP) is 3.03. The summed E-state index contributed by atoms with van der Waals surface area (Å²) in [5, 5.41) is 1.11. The average molecular weight is 393 g/mol. The summed E-state index contributed by atoms with van der Waals surface area (Å²) in [5.74, 6) is 0.342. The Morgan fingerprint density at radius 1 is 0.893 bits per heavy atom. The van der Waals surface area contributed by atoms with Crippen LogP contribution in [0.3, 0.4) is 0 Å². The maximum absolute atomic E-state index is 5.60. The second kappa shape index (κ2) is 7.58. The molecule has 0 bridgehead atoms. The Labute approximate surface area is 169 Å². The normalized spacial score (nSPS) is 22.6. The van der Waals surface area contributed by atoms with Crippen molar-refractivity contribution < 1.29 is 0 Å². The lowest BCUT2D eigenvalue weighted by molar-refractivity contribution is 0.213. The molecule has 0 spiro atoms. The van der Waals surface area contributed by atoms with Crippen LogP contribution in [-0.2, 0) is 13.1 Å². The molecule has 2 aliphatic heterocycles. The molecular weight excluding hydrogens is 368 g/mol. The maximum Gasteiger partial charge on any atom is 0.219 e. The van der Waals surface area contributed by atoms with E-state index in [9.17, 15) is 0 Å². The van der Waals surface area contributed by atoms with Crippen molar-refractivity contribution in [3.8, 4) is 10.6 Å².